The van der Waals surface area contributed by atoms with Crippen LogP contribution in [0, 0.1) is 12.3 Å². The molecule has 0 heterocycles. The van der Waals surface area contributed by atoms with Crippen LogP contribution in [0.3, 0.4) is 0 Å². The number of allylic oxidation sites excluding steroid dienone is 2. The molecule has 0 saturated carbocycles. The van der Waals surface area contributed by atoms with Crippen molar-refractivity contribution in [1.29, 1.82) is 0 Å². The molecule has 0 aromatic rings. The lowest BCUT2D eigenvalue weighted by Gasteiger charge is -1.66. The molecule has 0 atom stereocenters. The van der Waals surface area contributed by atoms with E-state index in [0.717, 1.165) is 12.0 Å². The van der Waals surface area contributed by atoms with Crippen molar-refractivity contribution in [1.82, 2.24) is 0 Å². The summed E-state index contributed by atoms with van der Waals surface area (Å²) in [5, 5.41) is 0. The second-order valence-corrected chi connectivity index (χ2v) is 2.33. The molecule has 12 heavy (non-hydrogen) atoms. The molecule has 0 aromatic carbocycles. The third kappa shape index (κ3) is 140. The van der Waals surface area contributed by atoms with Crippen LogP contribution in [0.25, 0.3) is 0 Å². The number of rotatable bonds is 1. The predicted octanol–water partition coefficient (Wildman–Crippen LogP) is 4.19. The molecule has 0 aliphatic heterocycles. The van der Waals surface area contributed by atoms with Crippen molar-refractivity contribution < 1.29 is 0 Å². The Hall–Kier alpha value is -0.960. The molecule has 0 aromatic heterocycles. The van der Waals surface area contributed by atoms with Crippen molar-refractivity contribution >= 4 is 0 Å². The smallest absolute Gasteiger partial charge is 0.00853 e. The number of terminal acetylenes is 1. The molecule has 0 saturated heterocycles. The summed E-state index contributed by atoms with van der Waals surface area (Å²) in [5.74, 6) is 2.33. The fraction of sp³-hybridized carbons (Fsp3) is 0.500. The molecule has 0 aliphatic rings. The van der Waals surface area contributed by atoms with E-state index in [0.29, 0.717) is 0 Å². The second kappa shape index (κ2) is 22.5. The Morgan fingerprint density at radius 2 is 1.58 bits per heavy atom. The Labute approximate surface area is 78.4 Å². The Bertz CT molecular complexity index is 123. The SMILES string of the molecule is C#CC(=C)C.C=CCC.CCC. The van der Waals surface area contributed by atoms with Crippen LogP contribution in [0.1, 0.15) is 40.5 Å². The lowest BCUT2D eigenvalue weighted by Crippen LogP contribution is -1.52. The van der Waals surface area contributed by atoms with Crippen LogP contribution in [0.2, 0.25) is 0 Å². The molecular weight excluding hydrogens is 144 g/mol. The van der Waals surface area contributed by atoms with E-state index in [1.807, 2.05) is 6.08 Å². The maximum absolute atomic E-state index is 4.82. The fourth-order valence-corrected chi connectivity index (χ4v) is 0. The van der Waals surface area contributed by atoms with Crippen LogP contribution < -0.4 is 0 Å². The summed E-state index contributed by atoms with van der Waals surface area (Å²) in [6.45, 7) is 15.0. The minimum atomic E-state index is 0.782. The van der Waals surface area contributed by atoms with E-state index in [1.54, 1.807) is 6.92 Å². The predicted molar refractivity (Wildman–Crippen MR) is 60.1 cm³/mol. The summed E-state index contributed by atoms with van der Waals surface area (Å²) < 4.78 is 0. The average molecular weight is 166 g/mol. The monoisotopic (exact) mass is 166 g/mol. The quantitative estimate of drug-likeness (QED) is 0.404. The summed E-state index contributed by atoms with van der Waals surface area (Å²) in [4.78, 5) is 0. The van der Waals surface area contributed by atoms with Crippen LogP contribution in [-0.4, -0.2) is 0 Å². The molecular formula is C12H22. The highest BCUT2D eigenvalue weighted by Crippen LogP contribution is 1.74. The first-order valence-electron chi connectivity index (χ1n) is 4.33. The van der Waals surface area contributed by atoms with Gasteiger partial charge in [-0.25, -0.2) is 0 Å². The first-order chi connectivity index (χ1) is 5.60. The standard InChI is InChI=1S/C5H6.C4H8.C3H8/c1-4-5(2)3;1-3-4-2;1-3-2/h1H,2H2,3H3;3H,1,4H2,2H3;3H2,1-2H3. The van der Waals surface area contributed by atoms with Crippen LogP contribution >= 0.6 is 0 Å². The van der Waals surface area contributed by atoms with Crippen molar-refractivity contribution in [3.63, 3.8) is 0 Å². The molecule has 0 amide bonds. The van der Waals surface area contributed by atoms with E-state index < -0.39 is 0 Å². The maximum Gasteiger partial charge on any atom is -0.00853 e. The summed E-state index contributed by atoms with van der Waals surface area (Å²) in [6.07, 6.45) is 9.03. The molecule has 0 nitrogen and oxygen atoms in total. The molecule has 0 spiro atoms. The van der Waals surface area contributed by atoms with Crippen molar-refractivity contribution in [3.8, 4) is 12.3 Å². The van der Waals surface area contributed by atoms with Crippen LogP contribution in [-0.2, 0) is 0 Å². The van der Waals surface area contributed by atoms with Gasteiger partial charge in [0.25, 0.3) is 0 Å². The summed E-state index contributed by atoms with van der Waals surface area (Å²) in [7, 11) is 0. The molecule has 70 valence electrons. The summed E-state index contributed by atoms with van der Waals surface area (Å²) in [6, 6.07) is 0. The van der Waals surface area contributed by atoms with Gasteiger partial charge in [0.05, 0.1) is 0 Å². The highest BCUT2D eigenvalue weighted by Gasteiger charge is 1.59. The maximum atomic E-state index is 4.82. The average Bonchev–Trinajstić information content (AvgIpc) is 2.06. The van der Waals surface area contributed by atoms with Crippen molar-refractivity contribution in [3.05, 3.63) is 24.8 Å². The van der Waals surface area contributed by atoms with E-state index in [4.69, 9.17) is 6.42 Å². The topological polar surface area (TPSA) is 0 Å². The molecule has 0 fully saturated rings. The van der Waals surface area contributed by atoms with E-state index in [1.165, 1.54) is 6.42 Å². The molecule has 0 N–H and O–H groups in total. The van der Waals surface area contributed by atoms with E-state index >= 15 is 0 Å². The van der Waals surface area contributed by atoms with Gasteiger partial charge in [0.15, 0.2) is 0 Å². The molecule has 0 heteroatoms. The zero-order valence-corrected chi connectivity index (χ0v) is 8.98. The third-order valence-corrected chi connectivity index (χ3v) is 0.535. The van der Waals surface area contributed by atoms with Gasteiger partial charge in [-0.1, -0.05) is 45.8 Å². The normalized spacial score (nSPS) is 5.92. The van der Waals surface area contributed by atoms with Crippen molar-refractivity contribution in [2.45, 2.75) is 40.5 Å². The number of hydrogen-bond acceptors (Lipinski definition) is 0. The van der Waals surface area contributed by atoms with Gasteiger partial charge in [-0.05, 0) is 18.9 Å². The van der Waals surface area contributed by atoms with Gasteiger partial charge in [-0.3, -0.25) is 0 Å². The summed E-state index contributed by atoms with van der Waals surface area (Å²) >= 11 is 0. The minimum absolute atomic E-state index is 0.782. The first-order valence-corrected chi connectivity index (χ1v) is 4.33. The number of hydrogen-bond donors (Lipinski definition) is 0. The third-order valence-electron chi connectivity index (χ3n) is 0.535. The molecule has 0 unspecified atom stereocenters. The van der Waals surface area contributed by atoms with Gasteiger partial charge in [-0.2, -0.15) is 0 Å². The first kappa shape index (κ1) is 17.2. The van der Waals surface area contributed by atoms with Gasteiger partial charge in [-0.15, -0.1) is 13.0 Å². The van der Waals surface area contributed by atoms with Crippen molar-refractivity contribution in [2.24, 2.45) is 0 Å². The zero-order chi connectivity index (χ0) is 10.4. The van der Waals surface area contributed by atoms with Gasteiger partial charge >= 0.3 is 0 Å². The lowest BCUT2D eigenvalue weighted by molar-refractivity contribution is 1.09. The van der Waals surface area contributed by atoms with Crippen molar-refractivity contribution in [2.75, 3.05) is 0 Å². The molecule has 0 aliphatic carbocycles. The van der Waals surface area contributed by atoms with Crippen LogP contribution in [0.4, 0.5) is 0 Å². The molecule has 0 bridgehead atoms. The minimum Gasteiger partial charge on any atom is -0.115 e. The van der Waals surface area contributed by atoms with Gasteiger partial charge in [0, 0.05) is 0 Å². The Morgan fingerprint density at radius 1 is 1.42 bits per heavy atom. The lowest BCUT2D eigenvalue weighted by atomic mass is 10.4. The van der Waals surface area contributed by atoms with Gasteiger partial charge < -0.3 is 0 Å². The summed E-state index contributed by atoms with van der Waals surface area (Å²) in [5.41, 5.74) is 0.782. The Kier molecular flexibility index (Phi) is 32.3. The van der Waals surface area contributed by atoms with E-state index in [-0.39, 0.29) is 0 Å². The van der Waals surface area contributed by atoms with E-state index in [2.05, 4.69) is 39.8 Å². The Morgan fingerprint density at radius 3 is 1.58 bits per heavy atom. The molecule has 0 rings (SSSR count). The second-order valence-electron chi connectivity index (χ2n) is 2.33. The fourth-order valence-electron chi connectivity index (χ4n) is 0. The Balaban J connectivity index is -0.000000105. The highest BCUT2D eigenvalue weighted by molar-refractivity contribution is 5.17. The zero-order valence-electron chi connectivity index (χ0n) is 8.98. The molecule has 0 radical (unpaired) electrons. The van der Waals surface area contributed by atoms with E-state index in [9.17, 15) is 0 Å². The highest BCUT2D eigenvalue weighted by atomic mass is 13.6. The van der Waals surface area contributed by atoms with Crippen LogP contribution in [0.5, 0.6) is 0 Å². The largest absolute Gasteiger partial charge is 0.115 e. The van der Waals surface area contributed by atoms with Gasteiger partial charge in [0.2, 0.25) is 0 Å². The van der Waals surface area contributed by atoms with Gasteiger partial charge in [0.1, 0.15) is 0 Å². The van der Waals surface area contributed by atoms with Crippen LogP contribution in [0.15, 0.2) is 24.8 Å².